The maximum absolute atomic E-state index is 11.6. The highest BCUT2D eigenvalue weighted by Crippen LogP contribution is 2.20. The SMILES string of the molecule is CC(C)(CCCO)CNC(=O)n1ccnc1. The van der Waals surface area contributed by atoms with Crippen molar-refractivity contribution in [3.05, 3.63) is 18.7 Å². The van der Waals surface area contributed by atoms with Gasteiger partial charge >= 0.3 is 6.03 Å². The van der Waals surface area contributed by atoms with Crippen molar-refractivity contribution in [1.82, 2.24) is 14.9 Å². The van der Waals surface area contributed by atoms with Crippen molar-refractivity contribution in [3.8, 4) is 0 Å². The number of hydrogen-bond donors (Lipinski definition) is 2. The van der Waals surface area contributed by atoms with Crippen LogP contribution in [0.5, 0.6) is 0 Å². The van der Waals surface area contributed by atoms with Gasteiger partial charge in [0.25, 0.3) is 0 Å². The minimum absolute atomic E-state index is 0.00102. The zero-order chi connectivity index (χ0) is 12.0. The van der Waals surface area contributed by atoms with E-state index in [0.29, 0.717) is 6.54 Å². The maximum Gasteiger partial charge on any atom is 0.326 e. The van der Waals surface area contributed by atoms with E-state index in [4.69, 9.17) is 5.11 Å². The number of hydrogen-bond acceptors (Lipinski definition) is 3. The van der Waals surface area contributed by atoms with Crippen LogP contribution >= 0.6 is 0 Å². The Hall–Kier alpha value is -1.36. The topological polar surface area (TPSA) is 67.2 Å². The van der Waals surface area contributed by atoms with Crippen LogP contribution in [0.2, 0.25) is 0 Å². The average Bonchev–Trinajstić information content (AvgIpc) is 2.77. The quantitative estimate of drug-likeness (QED) is 0.792. The lowest BCUT2D eigenvalue weighted by Gasteiger charge is -2.24. The average molecular weight is 225 g/mol. The molecular formula is C11H19N3O2. The highest BCUT2D eigenvalue weighted by molar-refractivity contribution is 5.76. The Morgan fingerprint density at radius 3 is 2.88 bits per heavy atom. The molecule has 0 aliphatic heterocycles. The normalized spacial score (nSPS) is 11.4. The number of aliphatic hydroxyl groups is 1. The number of carbonyl (C=O) groups excluding carboxylic acids is 1. The van der Waals surface area contributed by atoms with E-state index in [1.807, 2.05) is 0 Å². The fourth-order valence-electron chi connectivity index (χ4n) is 1.43. The molecule has 5 nitrogen and oxygen atoms in total. The summed E-state index contributed by atoms with van der Waals surface area (Å²) in [6.07, 6.45) is 6.28. The molecule has 0 saturated heterocycles. The minimum atomic E-state index is -0.172. The van der Waals surface area contributed by atoms with Crippen LogP contribution in [-0.2, 0) is 0 Å². The fraction of sp³-hybridized carbons (Fsp3) is 0.636. The van der Waals surface area contributed by atoms with E-state index in [1.54, 1.807) is 12.4 Å². The zero-order valence-electron chi connectivity index (χ0n) is 9.81. The lowest BCUT2D eigenvalue weighted by molar-refractivity contribution is 0.222. The number of carbonyl (C=O) groups is 1. The first-order valence-electron chi connectivity index (χ1n) is 5.42. The van der Waals surface area contributed by atoms with Crippen LogP contribution in [0.3, 0.4) is 0 Å². The van der Waals surface area contributed by atoms with Gasteiger partial charge in [0.05, 0.1) is 0 Å². The number of aromatic nitrogens is 2. The molecule has 1 rings (SSSR count). The van der Waals surface area contributed by atoms with Gasteiger partial charge in [-0.15, -0.1) is 0 Å². The molecule has 16 heavy (non-hydrogen) atoms. The molecule has 1 aromatic heterocycles. The standard InChI is InChI=1S/C11H19N3O2/c1-11(2,4-3-7-15)8-13-10(16)14-6-5-12-9-14/h5-6,9,15H,3-4,7-8H2,1-2H3,(H,13,16). The van der Waals surface area contributed by atoms with Gasteiger partial charge in [0.2, 0.25) is 0 Å². The predicted molar refractivity (Wildman–Crippen MR) is 61.1 cm³/mol. The van der Waals surface area contributed by atoms with Crippen molar-refractivity contribution < 1.29 is 9.90 Å². The number of aliphatic hydroxyl groups excluding tert-OH is 1. The van der Waals surface area contributed by atoms with Gasteiger partial charge in [0, 0.05) is 25.5 Å². The number of imidazole rings is 1. The molecule has 0 fully saturated rings. The van der Waals surface area contributed by atoms with E-state index in [0.717, 1.165) is 12.8 Å². The second-order valence-corrected chi connectivity index (χ2v) is 4.62. The molecular weight excluding hydrogens is 206 g/mol. The van der Waals surface area contributed by atoms with Crippen molar-refractivity contribution in [2.24, 2.45) is 5.41 Å². The summed E-state index contributed by atoms with van der Waals surface area (Å²) < 4.78 is 1.40. The predicted octanol–water partition coefficient (Wildman–Crippen LogP) is 1.24. The summed E-state index contributed by atoms with van der Waals surface area (Å²) in [4.78, 5) is 15.4. The number of amides is 1. The second-order valence-electron chi connectivity index (χ2n) is 4.62. The molecule has 0 radical (unpaired) electrons. The molecule has 5 heteroatoms. The van der Waals surface area contributed by atoms with Crippen LogP contribution in [0, 0.1) is 5.41 Å². The Morgan fingerprint density at radius 1 is 1.56 bits per heavy atom. The van der Waals surface area contributed by atoms with E-state index in [1.165, 1.54) is 10.9 Å². The van der Waals surface area contributed by atoms with Gasteiger partial charge in [-0.1, -0.05) is 13.8 Å². The molecule has 0 atom stereocenters. The first-order valence-corrected chi connectivity index (χ1v) is 5.42. The van der Waals surface area contributed by atoms with Crippen molar-refractivity contribution in [2.45, 2.75) is 26.7 Å². The number of rotatable bonds is 5. The molecule has 90 valence electrons. The van der Waals surface area contributed by atoms with Crippen LogP contribution < -0.4 is 5.32 Å². The van der Waals surface area contributed by atoms with Crippen molar-refractivity contribution in [1.29, 1.82) is 0 Å². The van der Waals surface area contributed by atoms with Gasteiger partial charge in [-0.2, -0.15) is 0 Å². The lowest BCUT2D eigenvalue weighted by Crippen LogP contribution is -2.36. The van der Waals surface area contributed by atoms with Crippen LogP contribution in [0.25, 0.3) is 0 Å². The molecule has 0 saturated carbocycles. The summed E-state index contributed by atoms with van der Waals surface area (Å²) in [5.74, 6) is 0. The second kappa shape index (κ2) is 5.65. The molecule has 0 aliphatic rings. The van der Waals surface area contributed by atoms with E-state index in [2.05, 4.69) is 24.1 Å². The monoisotopic (exact) mass is 225 g/mol. The summed E-state index contributed by atoms with van der Waals surface area (Å²) in [5, 5.41) is 11.6. The third-order valence-electron chi connectivity index (χ3n) is 2.47. The van der Waals surface area contributed by atoms with Gasteiger partial charge in [-0.3, -0.25) is 4.57 Å². The molecule has 0 spiro atoms. The molecule has 0 bridgehead atoms. The maximum atomic E-state index is 11.6. The molecule has 2 N–H and O–H groups in total. The lowest BCUT2D eigenvalue weighted by atomic mass is 9.88. The van der Waals surface area contributed by atoms with Crippen molar-refractivity contribution >= 4 is 6.03 Å². The van der Waals surface area contributed by atoms with Crippen molar-refractivity contribution in [3.63, 3.8) is 0 Å². The van der Waals surface area contributed by atoms with Crippen molar-refractivity contribution in [2.75, 3.05) is 13.2 Å². The Morgan fingerprint density at radius 2 is 2.31 bits per heavy atom. The van der Waals surface area contributed by atoms with E-state index < -0.39 is 0 Å². The summed E-state index contributed by atoms with van der Waals surface area (Å²) in [7, 11) is 0. The van der Waals surface area contributed by atoms with Gasteiger partial charge < -0.3 is 10.4 Å². The van der Waals surface area contributed by atoms with Gasteiger partial charge in [-0.05, 0) is 18.3 Å². The first kappa shape index (κ1) is 12.7. The summed E-state index contributed by atoms with van der Waals surface area (Å²) in [6, 6.07) is -0.172. The van der Waals surface area contributed by atoms with Crippen LogP contribution in [0.4, 0.5) is 4.79 Å². The van der Waals surface area contributed by atoms with E-state index in [-0.39, 0.29) is 18.1 Å². The fourth-order valence-corrected chi connectivity index (χ4v) is 1.43. The smallest absolute Gasteiger partial charge is 0.326 e. The minimum Gasteiger partial charge on any atom is -0.396 e. The third-order valence-corrected chi connectivity index (χ3v) is 2.47. The Balaban J connectivity index is 2.36. The molecule has 0 aliphatic carbocycles. The molecule has 0 aromatic carbocycles. The van der Waals surface area contributed by atoms with Gasteiger partial charge in [-0.25, -0.2) is 9.78 Å². The first-order chi connectivity index (χ1) is 7.55. The Kier molecular flexibility index (Phi) is 4.49. The molecule has 1 heterocycles. The van der Waals surface area contributed by atoms with Gasteiger partial charge in [0.1, 0.15) is 6.33 Å². The highest BCUT2D eigenvalue weighted by atomic mass is 16.3. The molecule has 0 unspecified atom stereocenters. The Labute approximate surface area is 95.5 Å². The summed E-state index contributed by atoms with van der Waals surface area (Å²) in [5.41, 5.74) is -0.00102. The van der Waals surface area contributed by atoms with Crippen LogP contribution in [0.1, 0.15) is 26.7 Å². The zero-order valence-corrected chi connectivity index (χ0v) is 9.81. The largest absolute Gasteiger partial charge is 0.396 e. The van der Waals surface area contributed by atoms with Gasteiger partial charge in [0.15, 0.2) is 0 Å². The molecule has 1 aromatic rings. The number of nitrogens with zero attached hydrogens (tertiary/aromatic N) is 2. The third kappa shape index (κ3) is 4.02. The van der Waals surface area contributed by atoms with E-state index in [9.17, 15) is 4.79 Å². The summed E-state index contributed by atoms with van der Waals surface area (Å²) >= 11 is 0. The van der Waals surface area contributed by atoms with Crippen LogP contribution in [-0.4, -0.2) is 33.8 Å². The Bertz CT molecular complexity index is 320. The highest BCUT2D eigenvalue weighted by Gasteiger charge is 2.18. The summed E-state index contributed by atoms with van der Waals surface area (Å²) in [6.45, 7) is 4.91. The van der Waals surface area contributed by atoms with Crippen LogP contribution in [0.15, 0.2) is 18.7 Å². The molecule has 1 amide bonds. The van der Waals surface area contributed by atoms with E-state index >= 15 is 0 Å². The number of nitrogens with one attached hydrogen (secondary N) is 1.